The Balaban J connectivity index is 0.00000341. The summed E-state index contributed by atoms with van der Waals surface area (Å²) in [6.45, 7) is 23.0. The van der Waals surface area contributed by atoms with E-state index in [0.717, 1.165) is 58.3 Å². The Morgan fingerprint density at radius 3 is 2.29 bits per heavy atom. The van der Waals surface area contributed by atoms with Crippen LogP contribution in [-0.4, -0.2) is 98.7 Å². The third kappa shape index (κ3) is 6.96. The summed E-state index contributed by atoms with van der Waals surface area (Å²) in [5.41, 5.74) is 4.17. The zero-order valence-electron chi connectivity index (χ0n) is 20.2. The van der Waals surface area contributed by atoms with Crippen molar-refractivity contribution in [1.82, 2.24) is 20.0 Å². The van der Waals surface area contributed by atoms with Gasteiger partial charge in [0.05, 0.1) is 6.54 Å². The molecule has 1 aromatic carbocycles. The van der Waals surface area contributed by atoms with E-state index in [1.54, 1.807) is 0 Å². The van der Waals surface area contributed by atoms with Crippen LogP contribution in [0.15, 0.2) is 23.2 Å². The van der Waals surface area contributed by atoms with E-state index in [1.165, 1.54) is 36.4 Å². The number of nitrogens with one attached hydrogen (secondary N) is 1. The molecule has 0 aromatic heterocycles. The van der Waals surface area contributed by atoms with Gasteiger partial charge in [-0.15, -0.1) is 24.0 Å². The lowest BCUT2D eigenvalue weighted by atomic mass is 10.1. The third-order valence-corrected chi connectivity index (χ3v) is 6.81. The van der Waals surface area contributed by atoms with E-state index < -0.39 is 0 Å². The van der Waals surface area contributed by atoms with E-state index in [2.05, 4.69) is 77.7 Å². The molecule has 6 nitrogen and oxygen atoms in total. The average molecular weight is 543 g/mol. The summed E-state index contributed by atoms with van der Waals surface area (Å²) in [5.74, 6) is 1.08. The number of guanidine groups is 1. The molecule has 31 heavy (non-hydrogen) atoms. The molecule has 1 N–H and O–H groups in total. The highest BCUT2D eigenvalue weighted by Crippen LogP contribution is 2.23. The van der Waals surface area contributed by atoms with Gasteiger partial charge in [0, 0.05) is 70.6 Å². The smallest absolute Gasteiger partial charge is 0.194 e. The second-order valence-corrected chi connectivity index (χ2v) is 8.71. The molecular weight excluding hydrogens is 499 g/mol. The van der Waals surface area contributed by atoms with Crippen LogP contribution in [0, 0.1) is 13.8 Å². The Labute approximate surface area is 207 Å². The lowest BCUT2D eigenvalue weighted by Gasteiger charge is -2.39. The van der Waals surface area contributed by atoms with Crippen molar-refractivity contribution in [1.29, 1.82) is 0 Å². The second-order valence-electron chi connectivity index (χ2n) is 8.71. The molecule has 0 spiro atoms. The molecule has 0 amide bonds. The van der Waals surface area contributed by atoms with Crippen LogP contribution in [0.4, 0.5) is 5.69 Å². The molecular formula is C24H43IN6. The zero-order chi connectivity index (χ0) is 21.5. The first kappa shape index (κ1) is 26.2. The molecule has 176 valence electrons. The van der Waals surface area contributed by atoms with Gasteiger partial charge in [-0.05, 0) is 51.4 Å². The topological polar surface area (TPSA) is 37.4 Å². The molecule has 1 atom stereocenters. The van der Waals surface area contributed by atoms with E-state index in [1.807, 2.05) is 0 Å². The van der Waals surface area contributed by atoms with Crippen molar-refractivity contribution in [3.05, 3.63) is 29.3 Å². The minimum Gasteiger partial charge on any atom is -0.368 e. The van der Waals surface area contributed by atoms with Gasteiger partial charge in [0.25, 0.3) is 0 Å². The van der Waals surface area contributed by atoms with Crippen molar-refractivity contribution in [2.75, 3.05) is 76.9 Å². The largest absolute Gasteiger partial charge is 0.368 e. The van der Waals surface area contributed by atoms with Crippen molar-refractivity contribution >= 4 is 35.6 Å². The molecule has 2 fully saturated rings. The normalized spacial score (nSPS) is 19.8. The standard InChI is InChI=1S/C24H42N6.HI/c1-6-25-24(26-19-21(4)28-13-11-27(7-2)12-14-28)30-17-15-29(16-18-30)23-10-8-9-20(3)22(23)5;/h8-10,21H,6-7,11-19H2,1-5H3,(H,25,26);1H. The second kappa shape index (κ2) is 12.8. The van der Waals surface area contributed by atoms with E-state index in [9.17, 15) is 0 Å². The minimum atomic E-state index is 0. The van der Waals surface area contributed by atoms with Gasteiger partial charge in [-0.3, -0.25) is 9.89 Å². The van der Waals surface area contributed by atoms with Crippen LogP contribution >= 0.6 is 24.0 Å². The van der Waals surface area contributed by atoms with Crippen LogP contribution in [0.3, 0.4) is 0 Å². The quantitative estimate of drug-likeness (QED) is 0.340. The highest BCUT2D eigenvalue weighted by atomic mass is 127. The molecule has 0 aliphatic carbocycles. The van der Waals surface area contributed by atoms with Gasteiger partial charge in [0.1, 0.15) is 0 Å². The van der Waals surface area contributed by atoms with Gasteiger partial charge in [0.2, 0.25) is 0 Å². The summed E-state index contributed by atoms with van der Waals surface area (Å²) in [6.07, 6.45) is 0. The lowest BCUT2D eigenvalue weighted by Crippen LogP contribution is -2.53. The van der Waals surface area contributed by atoms with Crippen molar-refractivity contribution in [2.24, 2.45) is 4.99 Å². The number of likely N-dealkylation sites (N-methyl/N-ethyl adjacent to an activating group) is 1. The van der Waals surface area contributed by atoms with Gasteiger partial charge < -0.3 is 20.0 Å². The van der Waals surface area contributed by atoms with Crippen molar-refractivity contribution in [2.45, 2.75) is 40.7 Å². The molecule has 0 radical (unpaired) electrons. The summed E-state index contributed by atoms with van der Waals surface area (Å²) in [6, 6.07) is 7.14. The number of nitrogens with zero attached hydrogens (tertiary/aromatic N) is 5. The number of rotatable bonds is 6. The number of benzene rings is 1. The fourth-order valence-electron chi connectivity index (χ4n) is 4.52. The number of halogens is 1. The van der Waals surface area contributed by atoms with Crippen LogP contribution in [-0.2, 0) is 0 Å². The van der Waals surface area contributed by atoms with Crippen LogP contribution < -0.4 is 10.2 Å². The molecule has 0 bridgehead atoms. The molecule has 2 saturated heterocycles. The minimum absolute atomic E-state index is 0. The highest BCUT2D eigenvalue weighted by molar-refractivity contribution is 14.0. The van der Waals surface area contributed by atoms with Gasteiger partial charge in [-0.2, -0.15) is 0 Å². The molecule has 1 unspecified atom stereocenters. The summed E-state index contributed by atoms with van der Waals surface area (Å²) >= 11 is 0. The van der Waals surface area contributed by atoms with Crippen LogP contribution in [0.25, 0.3) is 0 Å². The third-order valence-electron chi connectivity index (χ3n) is 6.81. The fraction of sp³-hybridized carbons (Fsp3) is 0.708. The van der Waals surface area contributed by atoms with Gasteiger partial charge in [0.15, 0.2) is 5.96 Å². The van der Waals surface area contributed by atoms with Gasteiger partial charge in [-0.1, -0.05) is 19.1 Å². The molecule has 2 aliphatic rings. The monoisotopic (exact) mass is 542 g/mol. The SMILES string of the molecule is CCNC(=NCC(C)N1CCN(CC)CC1)N1CCN(c2cccc(C)c2C)CC1.I. The number of hydrogen-bond donors (Lipinski definition) is 1. The Morgan fingerprint density at radius 1 is 1.00 bits per heavy atom. The summed E-state index contributed by atoms with van der Waals surface area (Å²) in [5, 5.41) is 3.53. The average Bonchev–Trinajstić information content (AvgIpc) is 2.78. The number of piperazine rings is 2. The molecule has 0 saturated carbocycles. The van der Waals surface area contributed by atoms with Crippen LogP contribution in [0.5, 0.6) is 0 Å². The first-order chi connectivity index (χ1) is 14.5. The van der Waals surface area contributed by atoms with Gasteiger partial charge in [-0.25, -0.2) is 0 Å². The van der Waals surface area contributed by atoms with Crippen molar-refractivity contribution < 1.29 is 0 Å². The van der Waals surface area contributed by atoms with Crippen molar-refractivity contribution in [3.63, 3.8) is 0 Å². The highest BCUT2D eigenvalue weighted by Gasteiger charge is 2.23. The predicted molar refractivity (Wildman–Crippen MR) is 144 cm³/mol. The Morgan fingerprint density at radius 2 is 1.68 bits per heavy atom. The zero-order valence-corrected chi connectivity index (χ0v) is 22.6. The van der Waals surface area contributed by atoms with E-state index >= 15 is 0 Å². The fourth-order valence-corrected chi connectivity index (χ4v) is 4.52. The summed E-state index contributed by atoms with van der Waals surface area (Å²) in [7, 11) is 0. The molecule has 7 heteroatoms. The van der Waals surface area contributed by atoms with Crippen LogP contribution in [0.1, 0.15) is 31.9 Å². The maximum absolute atomic E-state index is 5.04. The summed E-state index contributed by atoms with van der Waals surface area (Å²) < 4.78 is 0. The number of hydrogen-bond acceptors (Lipinski definition) is 4. The molecule has 2 heterocycles. The Bertz CT molecular complexity index is 693. The number of anilines is 1. The van der Waals surface area contributed by atoms with E-state index in [0.29, 0.717) is 6.04 Å². The molecule has 1 aromatic rings. The van der Waals surface area contributed by atoms with Crippen LogP contribution in [0.2, 0.25) is 0 Å². The van der Waals surface area contributed by atoms with Crippen molar-refractivity contribution in [3.8, 4) is 0 Å². The predicted octanol–water partition coefficient (Wildman–Crippen LogP) is 3.03. The molecule has 2 aliphatic heterocycles. The maximum atomic E-state index is 5.04. The van der Waals surface area contributed by atoms with Gasteiger partial charge >= 0.3 is 0 Å². The van der Waals surface area contributed by atoms with E-state index in [-0.39, 0.29) is 24.0 Å². The lowest BCUT2D eigenvalue weighted by molar-refractivity contribution is 0.109. The maximum Gasteiger partial charge on any atom is 0.194 e. The Hall–Kier alpha value is -1.06. The number of aryl methyl sites for hydroxylation is 1. The summed E-state index contributed by atoms with van der Waals surface area (Å²) in [4.78, 5) is 15.1. The first-order valence-electron chi connectivity index (χ1n) is 11.8. The number of aliphatic imine (C=N–C) groups is 1. The Kier molecular flexibility index (Phi) is 10.9. The first-order valence-corrected chi connectivity index (χ1v) is 11.8. The van der Waals surface area contributed by atoms with E-state index in [4.69, 9.17) is 4.99 Å². The molecule has 3 rings (SSSR count).